The highest BCUT2D eigenvalue weighted by Gasteiger charge is 2.28. The van der Waals surface area contributed by atoms with E-state index in [4.69, 9.17) is 16.7 Å². The van der Waals surface area contributed by atoms with Crippen molar-refractivity contribution in [1.29, 1.82) is 0 Å². The minimum Gasteiger partial charge on any atom is -0.465 e. The number of rotatable bonds is 3. The third-order valence-electron chi connectivity index (χ3n) is 2.88. The molecule has 1 aliphatic rings. The summed E-state index contributed by atoms with van der Waals surface area (Å²) in [6.07, 6.45) is 0.955. The van der Waals surface area contributed by atoms with Crippen LogP contribution in [0.2, 0.25) is 5.15 Å². The van der Waals surface area contributed by atoms with E-state index in [1.807, 2.05) is 0 Å². The summed E-state index contributed by atoms with van der Waals surface area (Å²) < 4.78 is 0. The van der Waals surface area contributed by atoms with Crippen LogP contribution in [0, 0.1) is 10.1 Å². The van der Waals surface area contributed by atoms with E-state index >= 15 is 0 Å². The lowest BCUT2D eigenvalue weighted by Gasteiger charge is -2.15. The summed E-state index contributed by atoms with van der Waals surface area (Å²) in [6, 6.07) is 1.28. The molecule has 1 atom stereocenters. The van der Waals surface area contributed by atoms with Gasteiger partial charge in [-0.1, -0.05) is 11.6 Å². The quantitative estimate of drug-likeness (QED) is 0.498. The molecule has 1 aromatic rings. The number of aromatic nitrogens is 1. The Kier molecular flexibility index (Phi) is 3.70. The van der Waals surface area contributed by atoms with Gasteiger partial charge in [-0.05, 0) is 12.5 Å². The molecule has 1 aromatic heterocycles. The van der Waals surface area contributed by atoms with E-state index in [2.05, 4.69) is 10.3 Å². The fourth-order valence-corrected chi connectivity index (χ4v) is 2.22. The molecule has 0 radical (unpaired) electrons. The second kappa shape index (κ2) is 5.27. The normalized spacial score (nSPS) is 18.4. The Hall–Kier alpha value is -2.09. The topological polar surface area (TPSA) is 109 Å². The van der Waals surface area contributed by atoms with Gasteiger partial charge in [0.05, 0.1) is 4.92 Å². The highest BCUT2D eigenvalue weighted by molar-refractivity contribution is 6.32. The molecule has 1 saturated heterocycles. The van der Waals surface area contributed by atoms with Crippen LogP contribution in [0.3, 0.4) is 0 Å². The van der Waals surface area contributed by atoms with E-state index in [1.165, 1.54) is 17.2 Å². The van der Waals surface area contributed by atoms with Crippen molar-refractivity contribution in [1.82, 2.24) is 9.88 Å². The Morgan fingerprint density at radius 1 is 1.68 bits per heavy atom. The van der Waals surface area contributed by atoms with Crippen LogP contribution in [0.15, 0.2) is 12.3 Å². The van der Waals surface area contributed by atoms with Gasteiger partial charge >= 0.3 is 11.8 Å². The first-order valence-electron chi connectivity index (χ1n) is 5.52. The molecule has 8 nitrogen and oxygen atoms in total. The summed E-state index contributed by atoms with van der Waals surface area (Å²) in [4.78, 5) is 26.0. The zero-order chi connectivity index (χ0) is 14.0. The Morgan fingerprint density at radius 2 is 2.42 bits per heavy atom. The van der Waals surface area contributed by atoms with Crippen molar-refractivity contribution in [3.63, 3.8) is 0 Å². The number of carbonyl (C=O) groups is 1. The molecule has 1 aliphatic heterocycles. The van der Waals surface area contributed by atoms with Gasteiger partial charge in [-0.3, -0.25) is 10.1 Å². The van der Waals surface area contributed by atoms with Gasteiger partial charge in [-0.25, -0.2) is 9.78 Å². The third-order valence-corrected chi connectivity index (χ3v) is 3.16. The van der Waals surface area contributed by atoms with E-state index in [1.54, 1.807) is 0 Å². The van der Waals surface area contributed by atoms with Crippen LogP contribution in [0.25, 0.3) is 0 Å². The van der Waals surface area contributed by atoms with Crippen molar-refractivity contribution >= 4 is 29.1 Å². The molecule has 0 bridgehead atoms. The Morgan fingerprint density at radius 3 is 3.00 bits per heavy atom. The molecule has 1 amide bonds. The number of halogens is 1. The summed E-state index contributed by atoms with van der Waals surface area (Å²) >= 11 is 5.69. The van der Waals surface area contributed by atoms with Crippen molar-refractivity contribution in [3.8, 4) is 0 Å². The molecule has 2 N–H and O–H groups in total. The smallest absolute Gasteiger partial charge is 0.407 e. The first-order valence-corrected chi connectivity index (χ1v) is 5.90. The van der Waals surface area contributed by atoms with E-state index in [-0.39, 0.29) is 29.1 Å². The van der Waals surface area contributed by atoms with Crippen molar-refractivity contribution in [3.05, 3.63) is 27.5 Å². The van der Waals surface area contributed by atoms with E-state index in [9.17, 15) is 14.9 Å². The SMILES string of the molecule is O=C(O)N1CC[C@@H](Nc2ccnc(Cl)c2[N+](=O)[O-])C1. The summed E-state index contributed by atoms with van der Waals surface area (Å²) in [5.74, 6) is 0. The predicted molar refractivity (Wildman–Crippen MR) is 67.5 cm³/mol. The molecule has 2 rings (SSSR count). The van der Waals surface area contributed by atoms with Crippen LogP contribution in [-0.4, -0.2) is 45.1 Å². The highest BCUT2D eigenvalue weighted by Crippen LogP contribution is 2.31. The average molecular weight is 287 g/mol. The van der Waals surface area contributed by atoms with Crippen LogP contribution in [0.4, 0.5) is 16.2 Å². The number of hydrogen-bond donors (Lipinski definition) is 2. The van der Waals surface area contributed by atoms with Gasteiger partial charge in [0.1, 0.15) is 5.69 Å². The molecule has 19 heavy (non-hydrogen) atoms. The highest BCUT2D eigenvalue weighted by atomic mass is 35.5. The van der Waals surface area contributed by atoms with Crippen LogP contribution in [0.5, 0.6) is 0 Å². The maximum atomic E-state index is 10.9. The number of hydrogen-bond acceptors (Lipinski definition) is 5. The lowest BCUT2D eigenvalue weighted by Crippen LogP contribution is -2.30. The molecule has 1 fully saturated rings. The van der Waals surface area contributed by atoms with Crippen molar-refractivity contribution in [2.45, 2.75) is 12.5 Å². The zero-order valence-electron chi connectivity index (χ0n) is 9.74. The largest absolute Gasteiger partial charge is 0.465 e. The monoisotopic (exact) mass is 286 g/mol. The van der Waals surface area contributed by atoms with Gasteiger partial charge in [-0.15, -0.1) is 0 Å². The second-order valence-electron chi connectivity index (χ2n) is 4.11. The maximum Gasteiger partial charge on any atom is 0.407 e. The number of nitrogens with zero attached hydrogens (tertiary/aromatic N) is 3. The maximum absolute atomic E-state index is 10.9. The molecule has 0 aromatic carbocycles. The molecule has 0 saturated carbocycles. The predicted octanol–water partition coefficient (Wildman–Crippen LogP) is 1.81. The fraction of sp³-hybridized carbons (Fsp3) is 0.400. The first kappa shape index (κ1) is 13.3. The molecular formula is C10H11ClN4O4. The minimum absolute atomic E-state index is 0.173. The molecule has 2 heterocycles. The molecule has 9 heteroatoms. The van der Waals surface area contributed by atoms with E-state index < -0.39 is 11.0 Å². The van der Waals surface area contributed by atoms with Gasteiger partial charge in [0.2, 0.25) is 5.15 Å². The number of amides is 1. The lowest BCUT2D eigenvalue weighted by molar-refractivity contribution is -0.384. The van der Waals surface area contributed by atoms with Crippen LogP contribution in [-0.2, 0) is 0 Å². The number of pyridine rings is 1. The van der Waals surface area contributed by atoms with Crippen LogP contribution < -0.4 is 5.32 Å². The van der Waals surface area contributed by atoms with Crippen LogP contribution >= 0.6 is 11.6 Å². The summed E-state index contributed by atoms with van der Waals surface area (Å²) in [7, 11) is 0. The number of carboxylic acid groups (broad SMARTS) is 1. The summed E-state index contributed by atoms with van der Waals surface area (Å²) in [6.45, 7) is 0.687. The average Bonchev–Trinajstić information content (AvgIpc) is 2.77. The first-order chi connectivity index (χ1) is 8.99. The summed E-state index contributed by atoms with van der Waals surface area (Å²) in [5.41, 5.74) is -0.0415. The molecule has 102 valence electrons. The summed E-state index contributed by atoms with van der Waals surface area (Å²) in [5, 5.41) is 22.5. The minimum atomic E-state index is -0.994. The Labute approximate surface area is 113 Å². The van der Waals surface area contributed by atoms with Gasteiger partial charge in [0.25, 0.3) is 0 Å². The standard InChI is InChI=1S/C10H11ClN4O4/c11-9-8(15(18)19)7(1-3-12-9)13-6-2-4-14(5-6)10(16)17/h1,3,6H,2,4-5H2,(H,12,13)(H,16,17)/t6-/m1/s1. The van der Waals surface area contributed by atoms with Gasteiger partial charge in [0.15, 0.2) is 0 Å². The van der Waals surface area contributed by atoms with Crippen molar-refractivity contribution in [2.24, 2.45) is 0 Å². The Bertz CT molecular complexity index is 524. The van der Waals surface area contributed by atoms with Gasteiger partial charge in [-0.2, -0.15) is 0 Å². The van der Waals surface area contributed by atoms with Crippen molar-refractivity contribution in [2.75, 3.05) is 18.4 Å². The second-order valence-corrected chi connectivity index (χ2v) is 4.47. The lowest BCUT2D eigenvalue weighted by atomic mass is 10.2. The molecular weight excluding hydrogens is 276 g/mol. The zero-order valence-corrected chi connectivity index (χ0v) is 10.5. The fourth-order valence-electron chi connectivity index (χ4n) is 1.99. The molecule has 0 unspecified atom stereocenters. The van der Waals surface area contributed by atoms with Gasteiger partial charge < -0.3 is 15.3 Å². The number of nitrogens with one attached hydrogen (secondary N) is 1. The van der Waals surface area contributed by atoms with Gasteiger partial charge in [0, 0.05) is 25.3 Å². The number of anilines is 1. The van der Waals surface area contributed by atoms with Crippen molar-refractivity contribution < 1.29 is 14.8 Å². The van der Waals surface area contributed by atoms with E-state index in [0.717, 1.165) is 0 Å². The number of likely N-dealkylation sites (tertiary alicyclic amines) is 1. The molecule has 0 spiro atoms. The third kappa shape index (κ3) is 2.84. The molecule has 0 aliphatic carbocycles. The van der Waals surface area contributed by atoms with E-state index in [0.29, 0.717) is 13.0 Å². The number of nitro groups is 1. The van der Waals surface area contributed by atoms with Crippen LogP contribution in [0.1, 0.15) is 6.42 Å². The Balaban J connectivity index is 2.14.